The number of carbonyl (C=O) groups excluding carboxylic acids is 2. The number of rotatable bonds is 9. The minimum absolute atomic E-state index is 0.151. The second kappa shape index (κ2) is 15.5. The van der Waals surface area contributed by atoms with E-state index < -0.39 is 5.97 Å². The van der Waals surface area contributed by atoms with Gasteiger partial charge in [-0.2, -0.15) is 0 Å². The molecule has 0 bridgehead atoms. The minimum atomic E-state index is -0.443. The quantitative estimate of drug-likeness (QED) is 0.276. The van der Waals surface area contributed by atoms with Crippen molar-refractivity contribution in [1.29, 1.82) is 0 Å². The van der Waals surface area contributed by atoms with Gasteiger partial charge in [0.1, 0.15) is 0 Å². The van der Waals surface area contributed by atoms with Gasteiger partial charge in [-0.1, -0.05) is 74.5 Å². The summed E-state index contributed by atoms with van der Waals surface area (Å²) in [7, 11) is 1.45. The predicted molar refractivity (Wildman–Crippen MR) is 129 cm³/mol. The van der Waals surface area contributed by atoms with E-state index in [1.165, 1.54) is 13.2 Å². The molecular weight excluding hydrogens is 404 g/mol. The third-order valence-electron chi connectivity index (χ3n) is 4.01. The fourth-order valence-corrected chi connectivity index (χ4v) is 2.35. The van der Waals surface area contributed by atoms with Crippen LogP contribution in [0.25, 0.3) is 12.2 Å². The molecule has 2 aromatic rings. The second-order valence-corrected chi connectivity index (χ2v) is 7.67. The molecule has 0 aliphatic carbocycles. The van der Waals surface area contributed by atoms with Crippen molar-refractivity contribution in [2.75, 3.05) is 13.7 Å². The Morgan fingerprint density at radius 3 is 1.94 bits per heavy atom. The molecule has 2 rings (SSSR count). The van der Waals surface area contributed by atoms with E-state index in [1.54, 1.807) is 26.0 Å². The Balaban J connectivity index is 0.000000320. The molecule has 0 N–H and O–H groups in total. The summed E-state index contributed by atoms with van der Waals surface area (Å²) in [5.74, 6) is 0.0525. The lowest BCUT2D eigenvalue weighted by molar-refractivity contribution is -0.146. The molecule has 0 saturated heterocycles. The molecule has 2 aromatic carbocycles. The van der Waals surface area contributed by atoms with E-state index in [2.05, 4.69) is 13.8 Å². The predicted octanol–water partition coefficient (Wildman–Crippen LogP) is 5.91. The van der Waals surface area contributed by atoms with Gasteiger partial charge in [-0.15, -0.1) is 0 Å². The molecular formula is C27H34O5. The zero-order valence-electron chi connectivity index (χ0n) is 19.6. The standard InChI is InChI=1S/C14H18O2.C13H16O3/c1-12(2)10-11-16-14(15)9-8-13-6-4-3-5-7-13;1-10(2)16-13(14)12(15-3)9-11-7-5-4-6-8-11/h3-9,12H,10-11H2,1-2H3;4-10H,1-3H3. The molecule has 0 amide bonds. The van der Waals surface area contributed by atoms with Crippen LogP contribution in [0, 0.1) is 5.92 Å². The van der Waals surface area contributed by atoms with Gasteiger partial charge in [0.15, 0.2) is 0 Å². The van der Waals surface area contributed by atoms with E-state index in [4.69, 9.17) is 14.2 Å². The first-order chi connectivity index (χ1) is 15.3. The van der Waals surface area contributed by atoms with Crippen LogP contribution in [0.3, 0.4) is 0 Å². The smallest absolute Gasteiger partial charge is 0.373 e. The Morgan fingerprint density at radius 2 is 1.44 bits per heavy atom. The van der Waals surface area contributed by atoms with E-state index in [9.17, 15) is 9.59 Å². The Bertz CT molecular complexity index is 852. The van der Waals surface area contributed by atoms with Crippen molar-refractivity contribution in [2.45, 2.75) is 40.2 Å². The van der Waals surface area contributed by atoms with E-state index in [-0.39, 0.29) is 17.8 Å². The average Bonchev–Trinajstić information content (AvgIpc) is 2.77. The van der Waals surface area contributed by atoms with E-state index in [0.717, 1.165) is 17.5 Å². The molecule has 0 heterocycles. The average molecular weight is 439 g/mol. The lowest BCUT2D eigenvalue weighted by atomic mass is 10.1. The van der Waals surface area contributed by atoms with E-state index in [1.807, 2.05) is 60.7 Å². The number of methoxy groups -OCH3 is 1. The van der Waals surface area contributed by atoms with Gasteiger partial charge < -0.3 is 14.2 Å². The molecule has 0 aromatic heterocycles. The normalized spacial score (nSPS) is 11.2. The summed E-state index contributed by atoms with van der Waals surface area (Å²) in [5.41, 5.74) is 1.91. The number of ether oxygens (including phenoxy) is 3. The van der Waals surface area contributed by atoms with E-state index >= 15 is 0 Å². The summed E-state index contributed by atoms with van der Waals surface area (Å²) in [5, 5.41) is 0. The Hall–Kier alpha value is -3.34. The summed E-state index contributed by atoms with van der Waals surface area (Å²) >= 11 is 0. The van der Waals surface area contributed by atoms with E-state index in [0.29, 0.717) is 12.5 Å². The van der Waals surface area contributed by atoms with Crippen LogP contribution in [0.15, 0.2) is 72.5 Å². The zero-order chi connectivity index (χ0) is 23.8. The number of carbonyl (C=O) groups is 2. The molecule has 0 spiro atoms. The number of esters is 2. The van der Waals surface area contributed by atoms with Crippen molar-refractivity contribution < 1.29 is 23.8 Å². The maximum Gasteiger partial charge on any atom is 0.373 e. The van der Waals surface area contributed by atoms with Crippen molar-refractivity contribution in [3.05, 3.63) is 83.6 Å². The molecule has 0 unspecified atom stereocenters. The molecule has 172 valence electrons. The fourth-order valence-electron chi connectivity index (χ4n) is 2.35. The molecule has 0 radical (unpaired) electrons. The van der Waals surface area contributed by atoms with Crippen LogP contribution in [0.2, 0.25) is 0 Å². The Labute approximate surface area is 191 Å². The van der Waals surface area contributed by atoms with Crippen LogP contribution in [0.5, 0.6) is 0 Å². The largest absolute Gasteiger partial charge is 0.490 e. The highest BCUT2D eigenvalue weighted by Crippen LogP contribution is 2.09. The topological polar surface area (TPSA) is 61.8 Å². The van der Waals surface area contributed by atoms with Crippen molar-refractivity contribution in [1.82, 2.24) is 0 Å². The van der Waals surface area contributed by atoms with Crippen molar-refractivity contribution in [3.8, 4) is 0 Å². The van der Waals surface area contributed by atoms with Gasteiger partial charge >= 0.3 is 11.9 Å². The zero-order valence-corrected chi connectivity index (χ0v) is 19.6. The highest BCUT2D eigenvalue weighted by molar-refractivity contribution is 5.91. The van der Waals surface area contributed by atoms with Crippen LogP contribution in [0.1, 0.15) is 45.2 Å². The SMILES string of the molecule is CC(C)CCOC(=O)C=Cc1ccccc1.COC(=Cc1ccccc1)C(=O)OC(C)C. The van der Waals surface area contributed by atoms with Crippen molar-refractivity contribution >= 4 is 24.1 Å². The molecule has 0 saturated carbocycles. The molecule has 0 aliphatic rings. The molecule has 32 heavy (non-hydrogen) atoms. The lowest BCUT2D eigenvalue weighted by Crippen LogP contribution is -2.14. The van der Waals surface area contributed by atoms with Gasteiger partial charge in [0.25, 0.3) is 0 Å². The molecule has 0 atom stereocenters. The maximum atomic E-state index is 11.6. The van der Waals surface area contributed by atoms with Gasteiger partial charge in [-0.05, 0) is 49.5 Å². The molecule has 5 nitrogen and oxygen atoms in total. The molecule has 0 fully saturated rings. The summed E-state index contributed by atoms with van der Waals surface area (Å²) < 4.78 is 15.1. The fraction of sp³-hybridized carbons (Fsp3) is 0.333. The van der Waals surface area contributed by atoms with Gasteiger partial charge in [0, 0.05) is 6.08 Å². The third kappa shape index (κ3) is 12.4. The highest BCUT2D eigenvalue weighted by atomic mass is 16.6. The summed E-state index contributed by atoms with van der Waals surface area (Å²) in [4.78, 5) is 22.9. The Kier molecular flexibility index (Phi) is 12.9. The first-order valence-electron chi connectivity index (χ1n) is 10.7. The van der Waals surface area contributed by atoms with Gasteiger partial charge in [-0.25, -0.2) is 9.59 Å². The van der Waals surface area contributed by atoms with Crippen molar-refractivity contribution in [2.24, 2.45) is 5.92 Å². The first kappa shape index (κ1) is 26.7. The van der Waals surface area contributed by atoms with Gasteiger partial charge in [0.05, 0.1) is 19.8 Å². The number of benzene rings is 2. The minimum Gasteiger partial charge on any atom is -0.490 e. The van der Waals surface area contributed by atoms with Crippen molar-refractivity contribution in [3.63, 3.8) is 0 Å². The second-order valence-electron chi connectivity index (χ2n) is 7.67. The van der Waals surface area contributed by atoms with Gasteiger partial charge in [0.2, 0.25) is 5.76 Å². The first-order valence-corrected chi connectivity index (χ1v) is 10.7. The Morgan fingerprint density at radius 1 is 0.875 bits per heavy atom. The molecule has 0 aliphatic heterocycles. The van der Waals surface area contributed by atoms with Crippen LogP contribution in [-0.2, 0) is 23.8 Å². The van der Waals surface area contributed by atoms with Crippen LogP contribution in [0.4, 0.5) is 0 Å². The lowest BCUT2D eigenvalue weighted by Gasteiger charge is -2.09. The summed E-state index contributed by atoms with van der Waals surface area (Å²) in [6.07, 6.45) is 5.64. The van der Waals surface area contributed by atoms with Crippen LogP contribution < -0.4 is 0 Å². The van der Waals surface area contributed by atoms with Crippen LogP contribution in [-0.4, -0.2) is 31.8 Å². The summed E-state index contributed by atoms with van der Waals surface area (Å²) in [6.45, 7) is 8.30. The van der Waals surface area contributed by atoms with Gasteiger partial charge in [-0.3, -0.25) is 0 Å². The van der Waals surface area contributed by atoms with Crippen LogP contribution >= 0.6 is 0 Å². The third-order valence-corrected chi connectivity index (χ3v) is 4.01. The monoisotopic (exact) mass is 438 g/mol. The number of hydrogen-bond acceptors (Lipinski definition) is 5. The molecule has 5 heteroatoms. The summed E-state index contributed by atoms with van der Waals surface area (Å²) in [6, 6.07) is 19.2. The number of hydrogen-bond donors (Lipinski definition) is 0. The maximum absolute atomic E-state index is 11.6. The highest BCUT2D eigenvalue weighted by Gasteiger charge is 2.12.